The third-order valence-electron chi connectivity index (χ3n) is 2.62. The molecule has 0 aromatic carbocycles. The minimum atomic E-state index is -0.455. The van der Waals surface area contributed by atoms with E-state index in [-0.39, 0.29) is 17.7 Å². The standard InChI is InChI=1S/C12H23NO3/c1-6-7-8-10(14)11(9(2)3)13(4)12(15)16-5/h9,11H,6-8H2,1-5H3/t11-/m0/s1. The molecule has 0 saturated heterocycles. The van der Waals surface area contributed by atoms with Crippen LogP contribution < -0.4 is 0 Å². The molecule has 0 radical (unpaired) electrons. The van der Waals surface area contributed by atoms with Gasteiger partial charge in [-0.05, 0) is 12.3 Å². The predicted molar refractivity (Wildman–Crippen MR) is 63.3 cm³/mol. The normalized spacial score (nSPS) is 12.4. The molecule has 16 heavy (non-hydrogen) atoms. The van der Waals surface area contributed by atoms with Crippen molar-refractivity contribution in [3.8, 4) is 0 Å². The number of hydrogen-bond donors (Lipinski definition) is 0. The fourth-order valence-electron chi connectivity index (χ4n) is 1.79. The lowest BCUT2D eigenvalue weighted by atomic mass is 9.95. The van der Waals surface area contributed by atoms with Crippen LogP contribution in [0.25, 0.3) is 0 Å². The van der Waals surface area contributed by atoms with Gasteiger partial charge in [0.15, 0.2) is 5.78 Å². The summed E-state index contributed by atoms with van der Waals surface area (Å²) in [6.45, 7) is 5.92. The third kappa shape index (κ3) is 4.21. The van der Waals surface area contributed by atoms with Gasteiger partial charge in [-0.2, -0.15) is 0 Å². The van der Waals surface area contributed by atoms with Gasteiger partial charge in [0.25, 0.3) is 0 Å². The maximum Gasteiger partial charge on any atom is 0.409 e. The number of Topliss-reactive ketones (excluding diaryl/α,β-unsaturated/α-hetero) is 1. The van der Waals surface area contributed by atoms with E-state index in [1.165, 1.54) is 12.0 Å². The summed E-state index contributed by atoms with van der Waals surface area (Å²) in [4.78, 5) is 24.7. The Morgan fingerprint density at radius 1 is 1.31 bits per heavy atom. The number of carbonyl (C=O) groups is 2. The van der Waals surface area contributed by atoms with Gasteiger partial charge in [-0.3, -0.25) is 4.79 Å². The minimum absolute atomic E-state index is 0.105. The van der Waals surface area contributed by atoms with Gasteiger partial charge in [-0.1, -0.05) is 27.2 Å². The lowest BCUT2D eigenvalue weighted by Crippen LogP contribution is -2.45. The molecule has 0 spiro atoms. The second-order valence-corrected chi connectivity index (χ2v) is 4.34. The fraction of sp³-hybridized carbons (Fsp3) is 0.833. The van der Waals surface area contributed by atoms with Crippen molar-refractivity contribution in [2.45, 2.75) is 46.1 Å². The first-order chi connectivity index (χ1) is 7.45. The topological polar surface area (TPSA) is 46.6 Å². The zero-order chi connectivity index (χ0) is 12.7. The Kier molecular flexibility index (Phi) is 6.77. The van der Waals surface area contributed by atoms with Crippen LogP contribution in [0, 0.1) is 5.92 Å². The SMILES string of the molecule is CCCCC(=O)[C@H](C(C)C)N(C)C(=O)OC. The molecule has 0 fully saturated rings. The van der Waals surface area contributed by atoms with Crippen LogP contribution >= 0.6 is 0 Å². The van der Waals surface area contributed by atoms with Crippen molar-refractivity contribution in [2.75, 3.05) is 14.2 Å². The molecule has 0 heterocycles. The largest absolute Gasteiger partial charge is 0.453 e. The molecule has 0 aliphatic heterocycles. The molecule has 4 nitrogen and oxygen atoms in total. The molecule has 0 aliphatic rings. The average molecular weight is 229 g/mol. The first-order valence-corrected chi connectivity index (χ1v) is 5.79. The summed E-state index contributed by atoms with van der Waals surface area (Å²) in [7, 11) is 2.94. The van der Waals surface area contributed by atoms with Gasteiger partial charge in [-0.15, -0.1) is 0 Å². The van der Waals surface area contributed by atoms with Crippen molar-refractivity contribution in [3.05, 3.63) is 0 Å². The van der Waals surface area contributed by atoms with E-state index < -0.39 is 6.09 Å². The Labute approximate surface area is 98.0 Å². The molecular weight excluding hydrogens is 206 g/mol. The Bertz CT molecular complexity index is 238. The number of carbonyl (C=O) groups excluding carboxylic acids is 2. The summed E-state index contributed by atoms with van der Waals surface area (Å²) in [5, 5.41) is 0. The van der Waals surface area contributed by atoms with Gasteiger partial charge in [0.2, 0.25) is 0 Å². The van der Waals surface area contributed by atoms with Crippen molar-refractivity contribution >= 4 is 11.9 Å². The molecule has 0 aromatic heterocycles. The quantitative estimate of drug-likeness (QED) is 0.703. The van der Waals surface area contributed by atoms with E-state index in [1.807, 2.05) is 20.8 Å². The number of ketones is 1. The van der Waals surface area contributed by atoms with E-state index in [9.17, 15) is 9.59 Å². The molecule has 0 unspecified atom stereocenters. The van der Waals surface area contributed by atoms with Crippen molar-refractivity contribution in [1.29, 1.82) is 0 Å². The highest BCUT2D eigenvalue weighted by Gasteiger charge is 2.29. The van der Waals surface area contributed by atoms with Crippen LogP contribution in [0.2, 0.25) is 0 Å². The van der Waals surface area contributed by atoms with Gasteiger partial charge >= 0.3 is 6.09 Å². The van der Waals surface area contributed by atoms with E-state index in [1.54, 1.807) is 7.05 Å². The smallest absolute Gasteiger partial charge is 0.409 e. The van der Waals surface area contributed by atoms with Crippen LogP contribution in [0.5, 0.6) is 0 Å². The zero-order valence-corrected chi connectivity index (χ0v) is 10.9. The molecule has 1 amide bonds. The van der Waals surface area contributed by atoms with Crippen molar-refractivity contribution < 1.29 is 14.3 Å². The number of amides is 1. The van der Waals surface area contributed by atoms with Crippen LogP contribution in [0.15, 0.2) is 0 Å². The number of rotatable bonds is 6. The van der Waals surface area contributed by atoms with Crippen LogP contribution in [0.3, 0.4) is 0 Å². The summed E-state index contributed by atoms with van der Waals surface area (Å²) in [6, 6.07) is -0.376. The fourth-order valence-corrected chi connectivity index (χ4v) is 1.79. The highest BCUT2D eigenvalue weighted by atomic mass is 16.5. The van der Waals surface area contributed by atoms with Gasteiger partial charge in [0.1, 0.15) is 0 Å². The highest BCUT2D eigenvalue weighted by Crippen LogP contribution is 2.14. The molecule has 0 rings (SSSR count). The Balaban J connectivity index is 4.60. The van der Waals surface area contributed by atoms with Gasteiger partial charge < -0.3 is 9.64 Å². The van der Waals surface area contributed by atoms with Crippen LogP contribution in [-0.2, 0) is 9.53 Å². The maximum absolute atomic E-state index is 12.0. The van der Waals surface area contributed by atoms with E-state index in [0.717, 1.165) is 12.8 Å². The molecule has 1 atom stereocenters. The number of nitrogens with zero attached hydrogens (tertiary/aromatic N) is 1. The first kappa shape index (κ1) is 14.9. The summed E-state index contributed by atoms with van der Waals surface area (Å²) in [6.07, 6.45) is 1.93. The zero-order valence-electron chi connectivity index (χ0n) is 10.9. The molecule has 0 saturated carbocycles. The lowest BCUT2D eigenvalue weighted by Gasteiger charge is -2.28. The maximum atomic E-state index is 12.0. The molecule has 94 valence electrons. The average Bonchev–Trinajstić information content (AvgIpc) is 2.24. The van der Waals surface area contributed by atoms with Crippen molar-refractivity contribution in [1.82, 2.24) is 4.90 Å². The predicted octanol–water partition coefficient (Wildman–Crippen LogP) is 2.47. The molecule has 0 bridgehead atoms. The summed E-state index contributed by atoms with van der Waals surface area (Å²) in [5.74, 6) is 0.221. The Hall–Kier alpha value is -1.06. The number of unbranched alkanes of at least 4 members (excludes halogenated alkanes) is 1. The van der Waals surface area contributed by atoms with E-state index >= 15 is 0 Å². The van der Waals surface area contributed by atoms with Gasteiger partial charge in [-0.25, -0.2) is 4.79 Å². The van der Waals surface area contributed by atoms with E-state index in [2.05, 4.69) is 4.74 Å². The number of ether oxygens (including phenoxy) is 1. The summed E-state index contributed by atoms with van der Waals surface area (Å²) in [5.41, 5.74) is 0. The molecular formula is C12H23NO3. The summed E-state index contributed by atoms with van der Waals surface area (Å²) < 4.78 is 4.63. The van der Waals surface area contributed by atoms with Crippen LogP contribution in [0.4, 0.5) is 4.79 Å². The van der Waals surface area contributed by atoms with Gasteiger partial charge in [0.05, 0.1) is 13.2 Å². The monoisotopic (exact) mass is 229 g/mol. The number of methoxy groups -OCH3 is 1. The molecule has 0 N–H and O–H groups in total. The number of hydrogen-bond acceptors (Lipinski definition) is 3. The summed E-state index contributed by atoms with van der Waals surface area (Å²) >= 11 is 0. The number of likely N-dealkylation sites (N-methyl/N-ethyl adjacent to an activating group) is 1. The van der Waals surface area contributed by atoms with Crippen LogP contribution in [0.1, 0.15) is 40.0 Å². The highest BCUT2D eigenvalue weighted by molar-refractivity contribution is 5.87. The Morgan fingerprint density at radius 2 is 1.88 bits per heavy atom. The second-order valence-electron chi connectivity index (χ2n) is 4.34. The lowest BCUT2D eigenvalue weighted by molar-refractivity contribution is -0.124. The Morgan fingerprint density at radius 3 is 2.25 bits per heavy atom. The molecule has 4 heteroatoms. The molecule has 0 aliphatic carbocycles. The van der Waals surface area contributed by atoms with Crippen molar-refractivity contribution in [2.24, 2.45) is 5.92 Å². The van der Waals surface area contributed by atoms with E-state index in [4.69, 9.17) is 0 Å². The van der Waals surface area contributed by atoms with Gasteiger partial charge in [0, 0.05) is 13.5 Å². The first-order valence-electron chi connectivity index (χ1n) is 5.79. The molecule has 0 aromatic rings. The van der Waals surface area contributed by atoms with Crippen LogP contribution in [-0.4, -0.2) is 37.0 Å². The minimum Gasteiger partial charge on any atom is -0.453 e. The second kappa shape index (κ2) is 7.25. The van der Waals surface area contributed by atoms with E-state index in [0.29, 0.717) is 6.42 Å². The third-order valence-corrected chi connectivity index (χ3v) is 2.62. The van der Waals surface area contributed by atoms with Crippen molar-refractivity contribution in [3.63, 3.8) is 0 Å².